The van der Waals surface area contributed by atoms with Crippen molar-refractivity contribution >= 4 is 30.5 Å². The normalized spacial score (nSPS) is 24.8. The van der Waals surface area contributed by atoms with E-state index in [1.807, 2.05) is 66.7 Å². The fraction of sp³-hybridized carbons (Fsp3) is 0.512. The number of carbonyl (C=O) groups excluding carboxylic acids is 2. The van der Waals surface area contributed by atoms with Gasteiger partial charge < -0.3 is 24.7 Å². The maximum absolute atomic E-state index is 14.1. The maximum atomic E-state index is 14.1. The number of ether oxygens (including phenoxy) is 1. The van der Waals surface area contributed by atoms with Gasteiger partial charge in [0.25, 0.3) is 0 Å². The first-order chi connectivity index (χ1) is 24.1. The Balaban J connectivity index is 1.14. The minimum atomic E-state index is -0.892. The van der Waals surface area contributed by atoms with Crippen LogP contribution < -0.4 is 10.6 Å². The summed E-state index contributed by atoms with van der Waals surface area (Å²) in [5, 5.41) is 14.9. The number of rotatable bonds is 11. The summed E-state index contributed by atoms with van der Waals surface area (Å²) in [6.45, 7) is 16.5. The number of hydrogen-bond acceptors (Lipinski definition) is 7. The van der Waals surface area contributed by atoms with Crippen LogP contribution in [0.15, 0.2) is 89.1 Å². The standard InChI is InChI=1S/C41H53BN4O5/c1-26(2)22-36(42-50-35-25-30-24-34(40(30,6)7)41(35,8)51-42)44-37(47)33(43-38(48)49-39(3,4)5)23-27-14-18-31(19-15-27)45-46-32-20-16-29(17-21-32)28-12-10-9-11-13-28/h9-21,26,30,33-36H,22-25H2,1-8H3,(H,43,48)(H,44,47)/t30-,33-,34-,35?,36+,41-/m0/s1. The fourth-order valence-electron chi connectivity index (χ4n) is 8.16. The van der Waals surface area contributed by atoms with Gasteiger partial charge in [0.15, 0.2) is 0 Å². The summed E-state index contributed by atoms with van der Waals surface area (Å²) in [5.74, 6) is 0.629. The molecule has 3 aromatic carbocycles. The Hall–Kier alpha value is -4.02. The second kappa shape index (κ2) is 14.5. The van der Waals surface area contributed by atoms with E-state index >= 15 is 0 Å². The topological polar surface area (TPSA) is 111 Å². The average molecular weight is 693 g/mol. The van der Waals surface area contributed by atoms with E-state index < -0.39 is 24.9 Å². The summed E-state index contributed by atoms with van der Waals surface area (Å²) in [4.78, 5) is 27.1. The minimum absolute atomic E-state index is 0.00541. The molecule has 270 valence electrons. The molecule has 1 saturated heterocycles. The lowest BCUT2D eigenvalue weighted by molar-refractivity contribution is -0.199. The molecule has 0 aromatic heterocycles. The lowest BCUT2D eigenvalue weighted by Crippen LogP contribution is -2.65. The van der Waals surface area contributed by atoms with Crippen LogP contribution in [0.25, 0.3) is 11.1 Å². The number of carbonyl (C=O) groups is 2. The van der Waals surface area contributed by atoms with Crippen LogP contribution in [0.5, 0.6) is 0 Å². The van der Waals surface area contributed by atoms with Gasteiger partial charge >= 0.3 is 13.2 Å². The van der Waals surface area contributed by atoms with E-state index in [0.717, 1.165) is 35.2 Å². The highest BCUT2D eigenvalue weighted by molar-refractivity contribution is 6.48. The van der Waals surface area contributed by atoms with Gasteiger partial charge in [-0.1, -0.05) is 82.3 Å². The number of hydrogen-bond donors (Lipinski definition) is 2. The second-order valence-corrected chi connectivity index (χ2v) is 16.8. The number of nitrogens with one attached hydrogen (secondary N) is 2. The molecular weight excluding hydrogens is 639 g/mol. The lowest BCUT2D eigenvalue weighted by Gasteiger charge is -2.64. The quantitative estimate of drug-likeness (QED) is 0.154. The first-order valence-corrected chi connectivity index (χ1v) is 18.4. The predicted molar refractivity (Wildman–Crippen MR) is 201 cm³/mol. The number of azo groups is 1. The van der Waals surface area contributed by atoms with Crippen LogP contribution in [-0.4, -0.2) is 48.4 Å². The summed E-state index contributed by atoms with van der Waals surface area (Å²) in [7, 11) is -0.567. The number of benzene rings is 3. The Morgan fingerprint density at radius 1 is 0.882 bits per heavy atom. The molecule has 2 bridgehead atoms. The van der Waals surface area contributed by atoms with E-state index in [-0.39, 0.29) is 41.3 Å². The fourth-order valence-corrected chi connectivity index (χ4v) is 8.16. The Bertz CT molecular complexity index is 1710. The Labute approximate surface area is 303 Å². The molecule has 9 nitrogen and oxygen atoms in total. The van der Waals surface area contributed by atoms with E-state index in [0.29, 0.717) is 23.9 Å². The van der Waals surface area contributed by atoms with Crippen molar-refractivity contribution in [1.82, 2.24) is 10.6 Å². The zero-order valence-electron chi connectivity index (χ0n) is 31.3. The van der Waals surface area contributed by atoms with E-state index in [2.05, 4.69) is 67.6 Å². The van der Waals surface area contributed by atoms with Crippen LogP contribution in [-0.2, 0) is 25.3 Å². The molecule has 2 amide bonds. The van der Waals surface area contributed by atoms with Gasteiger partial charge in [0.1, 0.15) is 11.6 Å². The van der Waals surface area contributed by atoms with Crippen LogP contribution in [0.2, 0.25) is 0 Å². The van der Waals surface area contributed by atoms with Crippen molar-refractivity contribution in [3.8, 4) is 11.1 Å². The molecular formula is C41H53BN4O5. The third-order valence-electron chi connectivity index (χ3n) is 11.0. The summed E-state index contributed by atoms with van der Waals surface area (Å²) < 4.78 is 18.9. The molecule has 3 aliphatic carbocycles. The van der Waals surface area contributed by atoms with Gasteiger partial charge in [-0.2, -0.15) is 10.2 Å². The van der Waals surface area contributed by atoms with E-state index in [1.54, 1.807) is 20.8 Å². The Morgan fingerprint density at radius 2 is 1.49 bits per heavy atom. The Morgan fingerprint density at radius 3 is 2.08 bits per heavy atom. The molecule has 1 unspecified atom stereocenters. The highest BCUT2D eigenvalue weighted by Gasteiger charge is 2.68. The van der Waals surface area contributed by atoms with Crippen molar-refractivity contribution in [2.45, 2.75) is 110 Å². The monoisotopic (exact) mass is 692 g/mol. The zero-order valence-corrected chi connectivity index (χ0v) is 31.3. The molecule has 4 fully saturated rings. The first-order valence-electron chi connectivity index (χ1n) is 18.4. The molecule has 10 heteroatoms. The summed E-state index contributed by atoms with van der Waals surface area (Å²) in [6.07, 6.45) is 2.40. The predicted octanol–water partition coefficient (Wildman–Crippen LogP) is 9.00. The third-order valence-corrected chi connectivity index (χ3v) is 11.0. The van der Waals surface area contributed by atoms with Crippen LogP contribution in [0, 0.1) is 23.2 Å². The van der Waals surface area contributed by atoms with E-state index in [4.69, 9.17) is 14.0 Å². The molecule has 0 radical (unpaired) electrons. The molecule has 2 N–H and O–H groups in total. The van der Waals surface area contributed by atoms with E-state index in [1.165, 1.54) is 0 Å². The molecule has 1 heterocycles. The molecule has 3 aromatic rings. The van der Waals surface area contributed by atoms with Gasteiger partial charge in [-0.3, -0.25) is 4.79 Å². The van der Waals surface area contributed by atoms with Gasteiger partial charge in [-0.25, -0.2) is 4.79 Å². The Kier molecular flexibility index (Phi) is 10.5. The lowest BCUT2D eigenvalue weighted by atomic mass is 9.43. The van der Waals surface area contributed by atoms with Crippen LogP contribution in [0.1, 0.15) is 80.2 Å². The summed E-state index contributed by atoms with van der Waals surface area (Å²) in [5.41, 5.74) is 3.65. The van der Waals surface area contributed by atoms with Crippen molar-refractivity contribution in [3.63, 3.8) is 0 Å². The van der Waals surface area contributed by atoms with Gasteiger partial charge in [-0.15, -0.1) is 0 Å². The summed E-state index contributed by atoms with van der Waals surface area (Å²) in [6, 6.07) is 24.8. The maximum Gasteiger partial charge on any atom is 0.481 e. The number of alkyl carbamates (subject to hydrolysis) is 1. The molecule has 6 atom stereocenters. The highest BCUT2D eigenvalue weighted by Crippen LogP contribution is 2.65. The molecule has 7 rings (SSSR count). The van der Waals surface area contributed by atoms with Crippen molar-refractivity contribution in [3.05, 3.63) is 84.4 Å². The van der Waals surface area contributed by atoms with Gasteiger partial charge in [0, 0.05) is 6.42 Å². The largest absolute Gasteiger partial charge is 0.481 e. The van der Waals surface area contributed by atoms with Gasteiger partial charge in [0.2, 0.25) is 5.91 Å². The molecule has 4 aliphatic rings. The second-order valence-electron chi connectivity index (χ2n) is 16.8. The smallest absolute Gasteiger partial charge is 0.444 e. The molecule has 0 spiro atoms. The van der Waals surface area contributed by atoms with Gasteiger partial charge in [0.05, 0.1) is 29.0 Å². The molecule has 3 saturated carbocycles. The average Bonchev–Trinajstić information content (AvgIpc) is 3.44. The van der Waals surface area contributed by atoms with Crippen molar-refractivity contribution in [1.29, 1.82) is 0 Å². The SMILES string of the molecule is CC(C)C[C@@H](NC(=O)[C@H](Cc1ccc(N=Nc2ccc(-c3ccccc3)cc2)cc1)NC(=O)OC(C)(C)C)B1OC2C[C@@H]3C[C@@H](C3(C)C)[C@]2(C)O1. The van der Waals surface area contributed by atoms with Crippen molar-refractivity contribution in [2.24, 2.45) is 33.4 Å². The summed E-state index contributed by atoms with van der Waals surface area (Å²) >= 11 is 0. The van der Waals surface area contributed by atoms with Gasteiger partial charge in [-0.05, 0) is 111 Å². The first kappa shape index (κ1) is 36.8. The minimum Gasteiger partial charge on any atom is -0.444 e. The molecule has 1 aliphatic heterocycles. The number of amides is 2. The molecule has 51 heavy (non-hydrogen) atoms. The number of nitrogens with zero attached hydrogens (tertiary/aromatic N) is 2. The third kappa shape index (κ3) is 8.39. The van der Waals surface area contributed by atoms with Crippen molar-refractivity contribution in [2.75, 3.05) is 0 Å². The van der Waals surface area contributed by atoms with E-state index in [9.17, 15) is 9.59 Å². The van der Waals surface area contributed by atoms with Crippen molar-refractivity contribution < 1.29 is 23.6 Å². The highest BCUT2D eigenvalue weighted by atomic mass is 16.7. The van der Waals surface area contributed by atoms with Crippen LogP contribution >= 0.6 is 0 Å². The zero-order chi connectivity index (χ0) is 36.6. The van der Waals surface area contributed by atoms with Crippen LogP contribution in [0.3, 0.4) is 0 Å². The van der Waals surface area contributed by atoms with Crippen LogP contribution in [0.4, 0.5) is 16.2 Å².